The van der Waals surface area contributed by atoms with Crippen molar-refractivity contribution in [1.82, 2.24) is 19.5 Å². The lowest BCUT2D eigenvalue weighted by molar-refractivity contribution is -0.214. The molecule has 0 aromatic carbocycles. The molecule has 0 bridgehead atoms. The molecule has 1 N–H and O–H groups in total. The summed E-state index contributed by atoms with van der Waals surface area (Å²) in [6.07, 6.45) is -2.93. The molecule has 2 saturated heterocycles. The van der Waals surface area contributed by atoms with Gasteiger partial charge in [0.15, 0.2) is 35.0 Å². The van der Waals surface area contributed by atoms with Crippen molar-refractivity contribution in [3.8, 4) is 0 Å². The molecule has 188 valence electrons. The SMILES string of the molecule is CNc1nc(C)nc2c1ncn2[C@@H]1O[C@]2(F)COP(=O)(C[C@@H](C)C(=O)OC(C)C)O[C@H]2[C@@]1(C)F. The topological polar surface area (TPSA) is 127 Å². The Hall–Kier alpha value is -2.21. The summed E-state index contributed by atoms with van der Waals surface area (Å²) < 4.78 is 67.6. The van der Waals surface area contributed by atoms with Crippen molar-refractivity contribution in [2.24, 2.45) is 5.92 Å². The van der Waals surface area contributed by atoms with Crippen LogP contribution in [0.15, 0.2) is 6.33 Å². The van der Waals surface area contributed by atoms with E-state index < -0.39 is 56.1 Å². The van der Waals surface area contributed by atoms with E-state index in [1.165, 1.54) is 17.8 Å². The fraction of sp³-hybridized carbons (Fsp3) is 0.700. The second-order valence-electron chi connectivity index (χ2n) is 9.04. The molecule has 0 radical (unpaired) electrons. The van der Waals surface area contributed by atoms with Crippen LogP contribution in [-0.4, -0.2) is 69.0 Å². The highest BCUT2D eigenvalue weighted by molar-refractivity contribution is 7.54. The van der Waals surface area contributed by atoms with Crippen LogP contribution in [0, 0.1) is 12.8 Å². The maximum absolute atomic E-state index is 16.2. The van der Waals surface area contributed by atoms with Crippen molar-refractivity contribution in [2.75, 3.05) is 25.1 Å². The summed E-state index contributed by atoms with van der Waals surface area (Å²) in [5.74, 6) is -3.41. The predicted molar refractivity (Wildman–Crippen MR) is 117 cm³/mol. The molecule has 6 atom stereocenters. The molecule has 34 heavy (non-hydrogen) atoms. The molecule has 1 unspecified atom stereocenters. The van der Waals surface area contributed by atoms with Crippen molar-refractivity contribution in [3.63, 3.8) is 0 Å². The minimum Gasteiger partial charge on any atom is -0.463 e. The van der Waals surface area contributed by atoms with E-state index in [-0.39, 0.29) is 11.8 Å². The molecular formula is C20H28F2N5O6P. The number of alkyl halides is 2. The Bertz CT molecular complexity index is 1160. The number of rotatable bonds is 6. The van der Waals surface area contributed by atoms with Crippen LogP contribution in [0.3, 0.4) is 0 Å². The summed E-state index contributed by atoms with van der Waals surface area (Å²) in [6.45, 7) is 6.74. The Labute approximate surface area is 195 Å². The number of imidazole rings is 1. The van der Waals surface area contributed by atoms with Gasteiger partial charge in [-0.1, -0.05) is 6.92 Å². The molecule has 11 nitrogen and oxygen atoms in total. The summed E-state index contributed by atoms with van der Waals surface area (Å²) in [5.41, 5.74) is -1.93. The van der Waals surface area contributed by atoms with E-state index in [2.05, 4.69) is 20.3 Å². The van der Waals surface area contributed by atoms with E-state index in [0.29, 0.717) is 17.2 Å². The molecule has 0 spiro atoms. The molecule has 2 aliphatic rings. The third-order valence-corrected chi connectivity index (χ3v) is 7.74. The smallest absolute Gasteiger partial charge is 0.332 e. The zero-order valence-corrected chi connectivity index (χ0v) is 20.6. The fourth-order valence-corrected chi connectivity index (χ4v) is 6.27. The molecular weight excluding hydrogens is 475 g/mol. The Morgan fingerprint density at radius 2 is 2.09 bits per heavy atom. The van der Waals surface area contributed by atoms with Gasteiger partial charge in [-0.2, -0.15) is 0 Å². The molecule has 0 saturated carbocycles. The normalized spacial score (nSPS) is 34.3. The number of nitrogens with zero attached hydrogens (tertiary/aromatic N) is 4. The Kier molecular flexibility index (Phi) is 6.20. The number of ether oxygens (including phenoxy) is 2. The molecule has 4 heterocycles. The first kappa shape index (κ1) is 24.9. The van der Waals surface area contributed by atoms with Crippen molar-refractivity contribution in [1.29, 1.82) is 0 Å². The second-order valence-corrected chi connectivity index (χ2v) is 11.1. The van der Waals surface area contributed by atoms with Gasteiger partial charge in [0.1, 0.15) is 12.4 Å². The summed E-state index contributed by atoms with van der Waals surface area (Å²) in [6, 6.07) is 0. The van der Waals surface area contributed by atoms with Gasteiger partial charge in [0, 0.05) is 7.05 Å². The Morgan fingerprint density at radius 1 is 1.38 bits per heavy atom. The zero-order valence-electron chi connectivity index (χ0n) is 19.7. The molecule has 2 fully saturated rings. The number of nitrogens with one attached hydrogen (secondary N) is 1. The van der Waals surface area contributed by atoms with E-state index in [0.717, 1.165) is 6.92 Å². The van der Waals surface area contributed by atoms with Crippen LogP contribution in [0.1, 0.15) is 39.7 Å². The zero-order chi connectivity index (χ0) is 25.1. The average Bonchev–Trinajstić information content (AvgIpc) is 3.24. The summed E-state index contributed by atoms with van der Waals surface area (Å²) in [7, 11) is -2.40. The number of esters is 1. The van der Waals surface area contributed by atoms with Gasteiger partial charge in [0.05, 0.1) is 24.5 Å². The van der Waals surface area contributed by atoms with Crippen molar-refractivity contribution >= 4 is 30.5 Å². The van der Waals surface area contributed by atoms with E-state index in [1.807, 2.05) is 0 Å². The van der Waals surface area contributed by atoms with E-state index >= 15 is 8.78 Å². The van der Waals surface area contributed by atoms with E-state index in [4.69, 9.17) is 18.5 Å². The van der Waals surface area contributed by atoms with Crippen LogP contribution in [-0.2, 0) is 27.9 Å². The van der Waals surface area contributed by atoms with Crippen LogP contribution in [0.2, 0.25) is 0 Å². The Balaban J connectivity index is 1.63. The van der Waals surface area contributed by atoms with Crippen LogP contribution in [0.25, 0.3) is 11.2 Å². The second kappa shape index (κ2) is 8.47. The molecule has 14 heteroatoms. The van der Waals surface area contributed by atoms with Gasteiger partial charge in [-0.3, -0.25) is 18.5 Å². The Morgan fingerprint density at radius 3 is 2.74 bits per heavy atom. The monoisotopic (exact) mass is 503 g/mol. The number of hydrogen-bond donors (Lipinski definition) is 1. The first-order chi connectivity index (χ1) is 15.8. The van der Waals surface area contributed by atoms with Gasteiger partial charge >= 0.3 is 13.6 Å². The minimum absolute atomic E-state index is 0.224. The highest BCUT2D eigenvalue weighted by Gasteiger charge is 2.70. The van der Waals surface area contributed by atoms with Gasteiger partial charge in [-0.05, 0) is 27.7 Å². The van der Waals surface area contributed by atoms with Gasteiger partial charge in [0.2, 0.25) is 0 Å². The lowest BCUT2D eigenvalue weighted by Gasteiger charge is -2.37. The minimum atomic E-state index is -4.05. The maximum Gasteiger partial charge on any atom is 0.332 e. The quantitative estimate of drug-likeness (QED) is 0.463. The maximum atomic E-state index is 16.2. The lowest BCUT2D eigenvalue weighted by Crippen LogP contribution is -2.51. The molecule has 2 aromatic heterocycles. The predicted octanol–water partition coefficient (Wildman–Crippen LogP) is 3.30. The average molecular weight is 503 g/mol. The van der Waals surface area contributed by atoms with Crippen LogP contribution >= 0.6 is 7.60 Å². The fourth-order valence-electron chi connectivity index (χ4n) is 4.14. The van der Waals surface area contributed by atoms with Crippen molar-refractivity contribution < 1.29 is 36.7 Å². The van der Waals surface area contributed by atoms with Gasteiger partial charge < -0.3 is 19.3 Å². The molecule has 0 amide bonds. The van der Waals surface area contributed by atoms with Crippen molar-refractivity contribution in [3.05, 3.63) is 12.2 Å². The van der Waals surface area contributed by atoms with Crippen LogP contribution < -0.4 is 5.32 Å². The number of hydrogen-bond acceptors (Lipinski definition) is 10. The molecule has 2 aliphatic heterocycles. The number of anilines is 1. The summed E-state index contributed by atoms with van der Waals surface area (Å²) in [4.78, 5) is 24.9. The third kappa shape index (κ3) is 4.19. The van der Waals surface area contributed by atoms with Crippen LogP contribution in [0.5, 0.6) is 0 Å². The summed E-state index contributed by atoms with van der Waals surface area (Å²) in [5, 5.41) is 2.89. The molecule has 2 aromatic rings. The standard InChI is InChI=1S/C20H28F2N5O6P/c1-10(2)31-16(28)11(3)7-34(29)30-8-20(22)17(33-34)19(5,21)18(32-20)27-9-24-13-14(23-6)25-12(4)26-15(13)27/h9-11,17-18H,7-8H2,1-6H3,(H,23,25,26)/t11-,17+,18-,19-,20-,34?/m1/s1. The number of halogens is 2. The van der Waals surface area contributed by atoms with E-state index in [9.17, 15) is 9.36 Å². The molecule has 0 aliphatic carbocycles. The third-order valence-electron chi connectivity index (χ3n) is 5.69. The van der Waals surface area contributed by atoms with Crippen LogP contribution in [0.4, 0.5) is 14.6 Å². The first-order valence-electron chi connectivity index (χ1n) is 10.9. The van der Waals surface area contributed by atoms with Gasteiger partial charge in [-0.15, -0.1) is 0 Å². The number of carbonyl (C=O) groups is 1. The summed E-state index contributed by atoms with van der Waals surface area (Å²) >= 11 is 0. The van der Waals surface area contributed by atoms with Gasteiger partial charge in [0.25, 0.3) is 5.85 Å². The highest BCUT2D eigenvalue weighted by atomic mass is 31.2. The number of aromatic nitrogens is 4. The largest absolute Gasteiger partial charge is 0.463 e. The first-order valence-corrected chi connectivity index (χ1v) is 12.6. The molecule has 4 rings (SSSR count). The number of aryl methyl sites for hydroxylation is 1. The lowest BCUT2D eigenvalue weighted by atomic mass is 9.97. The number of carbonyl (C=O) groups excluding carboxylic acids is 1. The van der Waals surface area contributed by atoms with E-state index in [1.54, 1.807) is 27.8 Å². The highest BCUT2D eigenvalue weighted by Crippen LogP contribution is 2.63. The van der Waals surface area contributed by atoms with Gasteiger partial charge in [-0.25, -0.2) is 23.7 Å². The van der Waals surface area contributed by atoms with Crippen molar-refractivity contribution in [2.45, 2.75) is 64.6 Å². The number of fused-ring (bicyclic) bond motifs is 2.